The molecule has 0 saturated heterocycles. The molecular weight excluding hydrogens is 242 g/mol. The molecule has 0 saturated carbocycles. The Morgan fingerprint density at radius 3 is 2.84 bits per heavy atom. The van der Waals surface area contributed by atoms with Crippen LogP contribution in [0.15, 0.2) is 42.7 Å². The second kappa shape index (κ2) is 4.72. The van der Waals surface area contributed by atoms with Crippen molar-refractivity contribution in [3.05, 3.63) is 53.9 Å². The summed E-state index contributed by atoms with van der Waals surface area (Å²) in [5.41, 5.74) is 1.52. The van der Waals surface area contributed by atoms with E-state index in [2.05, 4.69) is 4.98 Å². The number of hydrogen-bond donors (Lipinski definition) is 1. The first kappa shape index (κ1) is 11.7. The van der Waals surface area contributed by atoms with Gasteiger partial charge in [-0.25, -0.2) is 0 Å². The number of benzene rings is 1. The molecule has 2 heterocycles. The highest BCUT2D eigenvalue weighted by atomic mass is 16.5. The third-order valence-electron chi connectivity index (χ3n) is 3.27. The van der Waals surface area contributed by atoms with Crippen molar-refractivity contribution in [1.82, 2.24) is 4.98 Å². The van der Waals surface area contributed by atoms with E-state index >= 15 is 0 Å². The molecule has 0 spiro atoms. The number of rotatable bonds is 2. The molecular formula is C15H13NO3. The number of pyridine rings is 1. The molecule has 1 aromatic heterocycles. The normalized spacial score (nSPS) is 17.7. The molecule has 0 radical (unpaired) electrons. The van der Waals surface area contributed by atoms with E-state index in [0.717, 1.165) is 5.56 Å². The van der Waals surface area contributed by atoms with Crippen LogP contribution in [0, 0.1) is 5.92 Å². The van der Waals surface area contributed by atoms with Gasteiger partial charge in [0.15, 0.2) is 5.78 Å². The van der Waals surface area contributed by atoms with E-state index in [9.17, 15) is 9.90 Å². The Kier molecular flexibility index (Phi) is 2.91. The number of Topliss-reactive ketones (excluding diaryl/α,β-unsaturated/α-hetero) is 1. The van der Waals surface area contributed by atoms with Gasteiger partial charge in [-0.1, -0.05) is 0 Å². The zero-order valence-electron chi connectivity index (χ0n) is 10.2. The first-order valence-electron chi connectivity index (χ1n) is 6.13. The lowest BCUT2D eigenvalue weighted by Crippen LogP contribution is -2.29. The van der Waals surface area contributed by atoms with E-state index in [4.69, 9.17) is 4.74 Å². The lowest BCUT2D eigenvalue weighted by Gasteiger charge is -2.24. The molecule has 0 bridgehead atoms. The molecule has 1 aliphatic rings. The van der Waals surface area contributed by atoms with Crippen LogP contribution in [0.25, 0.3) is 0 Å². The number of carbonyl (C=O) groups is 1. The average Bonchev–Trinajstić information content (AvgIpc) is 2.44. The van der Waals surface area contributed by atoms with Crippen molar-refractivity contribution in [2.24, 2.45) is 5.92 Å². The maximum atomic E-state index is 12.4. The molecule has 1 N–H and O–H groups in total. The molecule has 96 valence electrons. The number of nitrogens with zero attached hydrogens (tertiary/aromatic N) is 1. The summed E-state index contributed by atoms with van der Waals surface area (Å²) in [6.45, 7) is 0.374. The lowest BCUT2D eigenvalue weighted by molar-refractivity contribution is 0.0830. The highest BCUT2D eigenvalue weighted by molar-refractivity contribution is 6.01. The highest BCUT2D eigenvalue weighted by Gasteiger charge is 2.29. The molecule has 4 nitrogen and oxygen atoms in total. The van der Waals surface area contributed by atoms with Crippen LogP contribution >= 0.6 is 0 Å². The van der Waals surface area contributed by atoms with Crippen LogP contribution in [0.1, 0.15) is 15.9 Å². The van der Waals surface area contributed by atoms with Gasteiger partial charge in [0.25, 0.3) is 0 Å². The number of phenolic OH excluding ortho intramolecular Hbond substituents is 1. The van der Waals surface area contributed by atoms with E-state index in [-0.39, 0.29) is 17.5 Å². The van der Waals surface area contributed by atoms with E-state index in [1.165, 1.54) is 12.1 Å². The maximum absolute atomic E-state index is 12.4. The summed E-state index contributed by atoms with van der Waals surface area (Å²) in [6, 6.07) is 8.41. The van der Waals surface area contributed by atoms with Crippen LogP contribution in [0.4, 0.5) is 0 Å². The smallest absolute Gasteiger partial charge is 0.173 e. The van der Waals surface area contributed by atoms with Gasteiger partial charge in [0, 0.05) is 12.4 Å². The Morgan fingerprint density at radius 1 is 1.26 bits per heavy atom. The summed E-state index contributed by atoms with van der Waals surface area (Å²) in [6.07, 6.45) is 4.04. The third kappa shape index (κ3) is 2.29. The first-order chi connectivity index (χ1) is 9.24. The number of aromatic nitrogens is 1. The molecule has 19 heavy (non-hydrogen) atoms. The number of hydrogen-bond acceptors (Lipinski definition) is 4. The van der Waals surface area contributed by atoms with Crippen molar-refractivity contribution in [3.8, 4) is 11.5 Å². The Bertz CT molecular complexity index is 610. The fourth-order valence-corrected chi connectivity index (χ4v) is 2.28. The van der Waals surface area contributed by atoms with Gasteiger partial charge in [-0.3, -0.25) is 9.78 Å². The predicted molar refractivity (Wildman–Crippen MR) is 69.4 cm³/mol. The van der Waals surface area contributed by atoms with Crippen LogP contribution in [0.3, 0.4) is 0 Å². The molecule has 3 rings (SSSR count). The number of fused-ring (bicyclic) bond motifs is 1. The van der Waals surface area contributed by atoms with E-state index in [1.54, 1.807) is 18.5 Å². The SMILES string of the molecule is O=C1c2cc(O)ccc2OCC1Cc1ccncc1. The van der Waals surface area contributed by atoms with Gasteiger partial charge in [-0.2, -0.15) is 0 Å². The van der Waals surface area contributed by atoms with Crippen LogP contribution in [-0.2, 0) is 6.42 Å². The van der Waals surface area contributed by atoms with Gasteiger partial charge >= 0.3 is 0 Å². The Labute approximate surface area is 110 Å². The second-order valence-corrected chi connectivity index (χ2v) is 4.61. The number of phenols is 1. The molecule has 1 unspecified atom stereocenters. The molecule has 0 fully saturated rings. The van der Waals surface area contributed by atoms with Crippen LogP contribution in [0.5, 0.6) is 11.5 Å². The summed E-state index contributed by atoms with van der Waals surface area (Å²) >= 11 is 0. The number of carbonyl (C=O) groups excluding carboxylic acids is 1. The van der Waals surface area contributed by atoms with Crippen molar-refractivity contribution in [1.29, 1.82) is 0 Å². The predicted octanol–water partition coefficient (Wildman–Crippen LogP) is 2.22. The summed E-state index contributed by atoms with van der Waals surface area (Å²) in [5, 5.41) is 9.47. The van der Waals surface area contributed by atoms with Crippen molar-refractivity contribution in [3.63, 3.8) is 0 Å². The standard InChI is InChI=1S/C15H13NO3/c17-12-1-2-14-13(8-12)15(18)11(9-19-14)7-10-3-5-16-6-4-10/h1-6,8,11,17H,7,9H2. The molecule has 1 aromatic carbocycles. The van der Waals surface area contributed by atoms with Crippen molar-refractivity contribution < 1.29 is 14.6 Å². The molecule has 1 aliphatic heterocycles. The molecule has 1 atom stereocenters. The van der Waals surface area contributed by atoms with E-state index in [1.807, 2.05) is 12.1 Å². The van der Waals surface area contributed by atoms with Crippen LogP contribution < -0.4 is 4.74 Å². The Balaban J connectivity index is 1.85. The molecule has 4 heteroatoms. The fourth-order valence-electron chi connectivity index (χ4n) is 2.28. The summed E-state index contributed by atoms with van der Waals surface area (Å²) < 4.78 is 5.59. The highest BCUT2D eigenvalue weighted by Crippen LogP contribution is 2.31. The van der Waals surface area contributed by atoms with Gasteiger partial charge < -0.3 is 9.84 Å². The minimum absolute atomic E-state index is 0.0222. The van der Waals surface area contributed by atoms with E-state index in [0.29, 0.717) is 24.3 Å². The fraction of sp³-hybridized carbons (Fsp3) is 0.200. The topological polar surface area (TPSA) is 59.4 Å². The van der Waals surface area contributed by atoms with Gasteiger partial charge in [0.1, 0.15) is 11.5 Å². The zero-order valence-corrected chi connectivity index (χ0v) is 10.2. The van der Waals surface area contributed by atoms with Gasteiger partial charge in [0.2, 0.25) is 0 Å². The van der Waals surface area contributed by atoms with Gasteiger partial charge in [-0.05, 0) is 42.3 Å². The molecule has 0 amide bonds. The van der Waals surface area contributed by atoms with Gasteiger partial charge in [-0.15, -0.1) is 0 Å². The average molecular weight is 255 g/mol. The van der Waals surface area contributed by atoms with Crippen molar-refractivity contribution in [2.75, 3.05) is 6.61 Å². The van der Waals surface area contributed by atoms with Crippen LogP contribution in [0.2, 0.25) is 0 Å². The zero-order chi connectivity index (χ0) is 13.2. The second-order valence-electron chi connectivity index (χ2n) is 4.61. The number of ketones is 1. The maximum Gasteiger partial charge on any atom is 0.173 e. The van der Waals surface area contributed by atoms with Crippen molar-refractivity contribution in [2.45, 2.75) is 6.42 Å². The largest absolute Gasteiger partial charge is 0.508 e. The summed E-state index contributed by atoms with van der Waals surface area (Å²) in [7, 11) is 0. The number of ether oxygens (including phenoxy) is 1. The monoisotopic (exact) mass is 255 g/mol. The first-order valence-corrected chi connectivity index (χ1v) is 6.13. The number of aromatic hydroxyl groups is 1. The van der Waals surface area contributed by atoms with E-state index < -0.39 is 0 Å². The molecule has 2 aromatic rings. The Morgan fingerprint density at radius 2 is 2.05 bits per heavy atom. The lowest BCUT2D eigenvalue weighted by atomic mass is 9.90. The summed E-state index contributed by atoms with van der Waals surface area (Å²) in [4.78, 5) is 16.3. The van der Waals surface area contributed by atoms with Crippen molar-refractivity contribution >= 4 is 5.78 Å². The minimum Gasteiger partial charge on any atom is -0.508 e. The Hall–Kier alpha value is -2.36. The van der Waals surface area contributed by atoms with Gasteiger partial charge in [0.05, 0.1) is 18.1 Å². The summed E-state index contributed by atoms with van der Waals surface area (Å²) in [5.74, 6) is 0.444. The third-order valence-corrected chi connectivity index (χ3v) is 3.27. The molecule has 0 aliphatic carbocycles. The van der Waals surface area contributed by atoms with Crippen LogP contribution in [-0.4, -0.2) is 22.5 Å². The quantitative estimate of drug-likeness (QED) is 0.893. The minimum atomic E-state index is -0.211.